The van der Waals surface area contributed by atoms with E-state index in [0.717, 1.165) is 18.9 Å². The molecule has 0 aromatic carbocycles. The summed E-state index contributed by atoms with van der Waals surface area (Å²) < 4.78 is 10.2. The Morgan fingerprint density at radius 1 is 1.11 bits per heavy atom. The summed E-state index contributed by atoms with van der Waals surface area (Å²) in [4.78, 5) is 8.42. The molecule has 1 heterocycles. The van der Waals surface area contributed by atoms with Crippen molar-refractivity contribution in [3.05, 3.63) is 6.07 Å². The second-order valence-electron chi connectivity index (χ2n) is 4.59. The average molecular weight is 253 g/mol. The molecule has 0 spiro atoms. The number of nitrogens with one attached hydrogen (secondary N) is 1. The largest absolute Gasteiger partial charge is 0.481 e. The van der Waals surface area contributed by atoms with Crippen LogP contribution in [-0.4, -0.2) is 30.7 Å². The second kappa shape index (κ2) is 7.74. The molecule has 0 saturated heterocycles. The number of ether oxygens (including phenoxy) is 2. The maximum Gasteiger partial charge on any atom is 0.229 e. The van der Waals surface area contributed by atoms with Gasteiger partial charge in [0.05, 0.1) is 20.3 Å². The molecule has 1 N–H and O–H groups in total. The van der Waals surface area contributed by atoms with Crippen LogP contribution < -0.4 is 14.8 Å². The second-order valence-corrected chi connectivity index (χ2v) is 4.59. The van der Waals surface area contributed by atoms with Crippen molar-refractivity contribution in [1.82, 2.24) is 9.97 Å². The van der Waals surface area contributed by atoms with E-state index in [0.29, 0.717) is 17.7 Å². The summed E-state index contributed by atoms with van der Waals surface area (Å²) in [6.07, 6.45) is 3.58. The van der Waals surface area contributed by atoms with Crippen molar-refractivity contribution in [3.63, 3.8) is 0 Å². The number of rotatable bonds is 8. The van der Waals surface area contributed by atoms with E-state index in [1.54, 1.807) is 20.3 Å². The van der Waals surface area contributed by atoms with E-state index >= 15 is 0 Å². The van der Waals surface area contributed by atoms with Gasteiger partial charge in [-0.1, -0.05) is 26.7 Å². The highest BCUT2D eigenvalue weighted by atomic mass is 16.5. The molecule has 0 aliphatic carbocycles. The predicted molar refractivity (Wildman–Crippen MR) is 72.3 cm³/mol. The molecule has 0 atom stereocenters. The van der Waals surface area contributed by atoms with E-state index in [1.165, 1.54) is 12.8 Å². The van der Waals surface area contributed by atoms with Gasteiger partial charge in [0, 0.05) is 6.54 Å². The zero-order chi connectivity index (χ0) is 13.4. The fraction of sp³-hybridized carbons (Fsp3) is 0.692. The third kappa shape index (κ3) is 5.21. The summed E-state index contributed by atoms with van der Waals surface area (Å²) in [5, 5.41) is 3.19. The van der Waals surface area contributed by atoms with Crippen molar-refractivity contribution in [2.45, 2.75) is 33.1 Å². The SMILES string of the molecule is COc1cc(OC)nc(NCCCCC(C)C)n1. The molecule has 102 valence electrons. The Morgan fingerprint density at radius 2 is 1.72 bits per heavy atom. The number of hydrogen-bond donors (Lipinski definition) is 1. The van der Waals surface area contributed by atoms with Crippen molar-refractivity contribution in [1.29, 1.82) is 0 Å². The standard InChI is InChI=1S/C13H23N3O2/c1-10(2)7-5-6-8-14-13-15-11(17-3)9-12(16-13)18-4/h9-10H,5-8H2,1-4H3,(H,14,15,16). The Hall–Kier alpha value is -1.52. The highest BCUT2D eigenvalue weighted by molar-refractivity contribution is 5.33. The van der Waals surface area contributed by atoms with Crippen LogP contribution in [0.15, 0.2) is 6.07 Å². The molecule has 0 amide bonds. The Labute approximate surface area is 109 Å². The molecule has 0 saturated carbocycles. The molecule has 18 heavy (non-hydrogen) atoms. The van der Waals surface area contributed by atoms with Crippen LogP contribution in [0.25, 0.3) is 0 Å². The van der Waals surface area contributed by atoms with Crippen LogP contribution in [0.5, 0.6) is 11.8 Å². The molecule has 1 rings (SSSR count). The molecule has 0 fully saturated rings. The van der Waals surface area contributed by atoms with Gasteiger partial charge in [0.25, 0.3) is 0 Å². The topological polar surface area (TPSA) is 56.3 Å². The first-order valence-corrected chi connectivity index (χ1v) is 6.36. The minimum Gasteiger partial charge on any atom is -0.481 e. The maximum atomic E-state index is 5.09. The van der Waals surface area contributed by atoms with Gasteiger partial charge in [-0.2, -0.15) is 9.97 Å². The molecule has 0 radical (unpaired) electrons. The highest BCUT2D eigenvalue weighted by Crippen LogP contribution is 2.17. The van der Waals surface area contributed by atoms with Gasteiger partial charge in [0.1, 0.15) is 0 Å². The van der Waals surface area contributed by atoms with Crippen molar-refractivity contribution in [2.24, 2.45) is 5.92 Å². The van der Waals surface area contributed by atoms with Gasteiger partial charge in [0.15, 0.2) is 0 Å². The van der Waals surface area contributed by atoms with Crippen molar-refractivity contribution < 1.29 is 9.47 Å². The van der Waals surface area contributed by atoms with Crippen molar-refractivity contribution in [2.75, 3.05) is 26.1 Å². The Kier molecular flexibility index (Phi) is 6.25. The van der Waals surface area contributed by atoms with Gasteiger partial charge in [-0.25, -0.2) is 0 Å². The first-order valence-electron chi connectivity index (χ1n) is 6.36. The van der Waals surface area contributed by atoms with Crippen LogP contribution in [-0.2, 0) is 0 Å². The quantitative estimate of drug-likeness (QED) is 0.722. The van der Waals surface area contributed by atoms with Gasteiger partial charge in [-0.05, 0) is 12.3 Å². The van der Waals surface area contributed by atoms with Crippen LogP contribution in [0.1, 0.15) is 33.1 Å². The van der Waals surface area contributed by atoms with E-state index in [-0.39, 0.29) is 0 Å². The molecule has 5 heteroatoms. The van der Waals surface area contributed by atoms with Gasteiger partial charge >= 0.3 is 0 Å². The Morgan fingerprint density at radius 3 is 2.22 bits per heavy atom. The number of unbranched alkanes of at least 4 members (excludes halogenated alkanes) is 1. The highest BCUT2D eigenvalue weighted by Gasteiger charge is 2.04. The lowest BCUT2D eigenvalue weighted by atomic mass is 10.1. The molecular formula is C13H23N3O2. The lowest BCUT2D eigenvalue weighted by molar-refractivity contribution is 0.373. The van der Waals surface area contributed by atoms with E-state index < -0.39 is 0 Å². The average Bonchev–Trinajstić information content (AvgIpc) is 2.37. The van der Waals surface area contributed by atoms with Crippen LogP contribution in [0.3, 0.4) is 0 Å². The molecule has 1 aromatic heterocycles. The lowest BCUT2D eigenvalue weighted by Gasteiger charge is -2.08. The van der Waals surface area contributed by atoms with E-state index in [1.807, 2.05) is 0 Å². The number of aromatic nitrogens is 2. The number of methoxy groups -OCH3 is 2. The number of hydrogen-bond acceptors (Lipinski definition) is 5. The van der Waals surface area contributed by atoms with Crippen LogP contribution in [0.2, 0.25) is 0 Å². The summed E-state index contributed by atoms with van der Waals surface area (Å²) >= 11 is 0. The maximum absolute atomic E-state index is 5.09. The smallest absolute Gasteiger partial charge is 0.229 e. The summed E-state index contributed by atoms with van der Waals surface area (Å²) in [6, 6.07) is 1.66. The predicted octanol–water partition coefficient (Wildman–Crippen LogP) is 2.73. The minimum absolute atomic E-state index is 0.506. The van der Waals surface area contributed by atoms with Gasteiger partial charge in [0.2, 0.25) is 17.7 Å². The molecular weight excluding hydrogens is 230 g/mol. The van der Waals surface area contributed by atoms with Gasteiger partial charge in [-0.3, -0.25) is 0 Å². The summed E-state index contributed by atoms with van der Waals surface area (Å²) in [5.41, 5.74) is 0. The molecule has 0 bridgehead atoms. The monoisotopic (exact) mass is 253 g/mol. The molecule has 0 aliphatic rings. The summed E-state index contributed by atoms with van der Waals surface area (Å²) in [5.74, 6) is 2.33. The van der Waals surface area contributed by atoms with Crippen molar-refractivity contribution in [3.8, 4) is 11.8 Å². The van der Waals surface area contributed by atoms with Crippen LogP contribution in [0, 0.1) is 5.92 Å². The minimum atomic E-state index is 0.506. The molecule has 0 aliphatic heterocycles. The lowest BCUT2D eigenvalue weighted by Crippen LogP contribution is -2.07. The third-order valence-corrected chi connectivity index (χ3v) is 2.59. The Bertz CT molecular complexity index is 334. The Balaban J connectivity index is 2.41. The molecule has 1 aromatic rings. The fourth-order valence-corrected chi connectivity index (χ4v) is 1.57. The fourth-order valence-electron chi connectivity index (χ4n) is 1.57. The van der Waals surface area contributed by atoms with Crippen LogP contribution >= 0.6 is 0 Å². The van der Waals surface area contributed by atoms with Crippen molar-refractivity contribution >= 4 is 5.95 Å². The zero-order valence-corrected chi connectivity index (χ0v) is 11.7. The number of nitrogens with zero attached hydrogens (tertiary/aromatic N) is 2. The van der Waals surface area contributed by atoms with Gasteiger partial charge < -0.3 is 14.8 Å². The van der Waals surface area contributed by atoms with E-state index in [9.17, 15) is 0 Å². The third-order valence-electron chi connectivity index (χ3n) is 2.59. The summed E-state index contributed by atoms with van der Waals surface area (Å²) in [6.45, 7) is 5.34. The van der Waals surface area contributed by atoms with Crippen LogP contribution in [0.4, 0.5) is 5.95 Å². The zero-order valence-electron chi connectivity index (χ0n) is 11.7. The first-order chi connectivity index (χ1) is 8.65. The summed E-state index contributed by atoms with van der Waals surface area (Å²) in [7, 11) is 3.16. The van der Waals surface area contributed by atoms with E-state index in [4.69, 9.17) is 9.47 Å². The van der Waals surface area contributed by atoms with E-state index in [2.05, 4.69) is 29.1 Å². The first kappa shape index (κ1) is 14.5. The molecule has 5 nitrogen and oxygen atoms in total. The number of anilines is 1. The molecule has 0 unspecified atom stereocenters. The normalized spacial score (nSPS) is 10.5. The van der Waals surface area contributed by atoms with Gasteiger partial charge in [-0.15, -0.1) is 0 Å².